The first-order chi connectivity index (χ1) is 7.24. The van der Waals surface area contributed by atoms with E-state index in [4.69, 9.17) is 4.74 Å². The molecule has 15 heavy (non-hydrogen) atoms. The lowest BCUT2D eigenvalue weighted by molar-refractivity contribution is 0.0981. The molecule has 0 aromatic heterocycles. The standard InChI is InChI=1S/C12H13BrO2/c1-15-11-7-6-9(13)12-8(11)4-2-3-5-10(12)14/h6-7H,2-5H2,1H3. The Morgan fingerprint density at radius 3 is 2.73 bits per heavy atom. The summed E-state index contributed by atoms with van der Waals surface area (Å²) < 4.78 is 6.19. The number of Topliss-reactive ketones (excluding diaryl/α,β-unsaturated/α-hetero) is 1. The van der Waals surface area contributed by atoms with Crippen LogP contribution in [0.25, 0.3) is 0 Å². The number of halogens is 1. The van der Waals surface area contributed by atoms with Gasteiger partial charge in [-0.2, -0.15) is 0 Å². The highest BCUT2D eigenvalue weighted by molar-refractivity contribution is 9.10. The number of hydrogen-bond donors (Lipinski definition) is 0. The number of benzene rings is 1. The van der Waals surface area contributed by atoms with Gasteiger partial charge in [-0.05, 0) is 31.4 Å². The van der Waals surface area contributed by atoms with Crippen LogP contribution in [0.15, 0.2) is 16.6 Å². The Morgan fingerprint density at radius 2 is 2.00 bits per heavy atom. The third kappa shape index (κ3) is 1.93. The fourth-order valence-corrected chi connectivity index (χ4v) is 2.65. The van der Waals surface area contributed by atoms with Gasteiger partial charge in [-0.1, -0.05) is 15.9 Å². The average Bonchev–Trinajstić information content (AvgIpc) is 2.42. The number of fused-ring (bicyclic) bond motifs is 1. The van der Waals surface area contributed by atoms with Crippen molar-refractivity contribution < 1.29 is 9.53 Å². The Balaban J connectivity index is 2.60. The Kier molecular flexibility index (Phi) is 3.10. The van der Waals surface area contributed by atoms with Crippen LogP contribution in [0.2, 0.25) is 0 Å². The Hall–Kier alpha value is -0.830. The summed E-state index contributed by atoms with van der Waals surface area (Å²) in [4.78, 5) is 11.9. The molecule has 0 amide bonds. The smallest absolute Gasteiger partial charge is 0.164 e. The summed E-state index contributed by atoms with van der Waals surface area (Å²) in [7, 11) is 1.65. The molecular formula is C12H13BrO2. The van der Waals surface area contributed by atoms with Gasteiger partial charge in [-0.3, -0.25) is 4.79 Å². The van der Waals surface area contributed by atoms with Gasteiger partial charge < -0.3 is 4.74 Å². The molecule has 0 saturated carbocycles. The van der Waals surface area contributed by atoms with Gasteiger partial charge in [0.2, 0.25) is 0 Å². The summed E-state index contributed by atoms with van der Waals surface area (Å²) in [6.45, 7) is 0. The van der Waals surface area contributed by atoms with Crippen molar-refractivity contribution in [1.29, 1.82) is 0 Å². The Bertz CT molecular complexity index is 399. The molecule has 1 aliphatic carbocycles. The number of carbonyl (C=O) groups is 1. The second-order valence-electron chi connectivity index (χ2n) is 3.73. The van der Waals surface area contributed by atoms with Crippen LogP contribution in [-0.4, -0.2) is 12.9 Å². The third-order valence-electron chi connectivity index (χ3n) is 2.80. The van der Waals surface area contributed by atoms with E-state index in [0.717, 1.165) is 40.6 Å². The van der Waals surface area contributed by atoms with Crippen LogP contribution < -0.4 is 4.74 Å². The van der Waals surface area contributed by atoms with E-state index in [0.29, 0.717) is 6.42 Å². The van der Waals surface area contributed by atoms with Gasteiger partial charge in [-0.15, -0.1) is 0 Å². The van der Waals surface area contributed by atoms with Crippen LogP contribution in [0.4, 0.5) is 0 Å². The summed E-state index contributed by atoms with van der Waals surface area (Å²) in [5.74, 6) is 1.07. The molecule has 0 aliphatic heterocycles. The third-order valence-corrected chi connectivity index (χ3v) is 3.46. The monoisotopic (exact) mass is 268 g/mol. The minimum atomic E-state index is 0.230. The van der Waals surface area contributed by atoms with E-state index in [1.54, 1.807) is 7.11 Å². The SMILES string of the molecule is COc1ccc(Br)c2c1CCCCC2=O. The zero-order valence-electron chi connectivity index (χ0n) is 8.68. The van der Waals surface area contributed by atoms with Gasteiger partial charge >= 0.3 is 0 Å². The number of hydrogen-bond acceptors (Lipinski definition) is 2. The number of ketones is 1. The fourth-order valence-electron chi connectivity index (χ4n) is 2.05. The molecule has 0 bridgehead atoms. The molecule has 0 atom stereocenters. The van der Waals surface area contributed by atoms with E-state index in [1.807, 2.05) is 12.1 Å². The van der Waals surface area contributed by atoms with Crippen LogP contribution in [0.5, 0.6) is 5.75 Å². The van der Waals surface area contributed by atoms with E-state index < -0.39 is 0 Å². The quantitative estimate of drug-likeness (QED) is 0.731. The van der Waals surface area contributed by atoms with Crippen molar-refractivity contribution in [3.8, 4) is 5.75 Å². The van der Waals surface area contributed by atoms with Crippen molar-refractivity contribution in [2.75, 3.05) is 7.11 Å². The van der Waals surface area contributed by atoms with Crippen molar-refractivity contribution >= 4 is 21.7 Å². The van der Waals surface area contributed by atoms with Gasteiger partial charge in [0.15, 0.2) is 5.78 Å². The summed E-state index contributed by atoms with van der Waals surface area (Å²) in [5, 5.41) is 0. The van der Waals surface area contributed by atoms with Crippen LogP contribution in [0.3, 0.4) is 0 Å². The summed E-state index contributed by atoms with van der Waals surface area (Å²) in [5.41, 5.74) is 1.89. The highest BCUT2D eigenvalue weighted by Crippen LogP contribution is 2.33. The maximum Gasteiger partial charge on any atom is 0.164 e. The second-order valence-corrected chi connectivity index (χ2v) is 4.59. The number of ether oxygens (including phenoxy) is 1. The largest absolute Gasteiger partial charge is 0.496 e. The van der Waals surface area contributed by atoms with E-state index in [9.17, 15) is 4.79 Å². The number of carbonyl (C=O) groups excluding carboxylic acids is 1. The molecule has 0 N–H and O–H groups in total. The van der Waals surface area contributed by atoms with Gasteiger partial charge in [-0.25, -0.2) is 0 Å². The predicted molar refractivity (Wildman–Crippen MR) is 62.6 cm³/mol. The molecule has 2 rings (SSSR count). The fraction of sp³-hybridized carbons (Fsp3) is 0.417. The molecule has 2 nitrogen and oxygen atoms in total. The van der Waals surface area contributed by atoms with Crippen molar-refractivity contribution in [3.63, 3.8) is 0 Å². The normalized spacial score (nSPS) is 15.7. The molecule has 0 spiro atoms. The van der Waals surface area contributed by atoms with Crippen molar-refractivity contribution in [2.24, 2.45) is 0 Å². The first-order valence-corrected chi connectivity index (χ1v) is 5.92. The topological polar surface area (TPSA) is 26.3 Å². The summed E-state index contributed by atoms with van der Waals surface area (Å²) in [6, 6.07) is 3.81. The molecule has 3 heteroatoms. The number of rotatable bonds is 1. The van der Waals surface area contributed by atoms with Crippen LogP contribution >= 0.6 is 15.9 Å². The second kappa shape index (κ2) is 4.35. The van der Waals surface area contributed by atoms with Crippen LogP contribution in [0, 0.1) is 0 Å². The molecule has 80 valence electrons. The molecule has 1 aromatic carbocycles. The molecule has 0 unspecified atom stereocenters. The maximum atomic E-state index is 11.9. The summed E-state index contributed by atoms with van der Waals surface area (Å²) in [6.07, 6.45) is 3.62. The predicted octanol–water partition coefficient (Wildman–Crippen LogP) is 3.37. The van der Waals surface area contributed by atoms with Crippen molar-refractivity contribution in [2.45, 2.75) is 25.7 Å². The minimum Gasteiger partial charge on any atom is -0.496 e. The number of methoxy groups -OCH3 is 1. The molecule has 0 radical (unpaired) electrons. The van der Waals surface area contributed by atoms with Crippen molar-refractivity contribution in [3.05, 3.63) is 27.7 Å². The average molecular weight is 269 g/mol. The zero-order chi connectivity index (χ0) is 10.8. The lowest BCUT2D eigenvalue weighted by Crippen LogP contribution is -2.03. The molecule has 0 fully saturated rings. The Labute approximate surface area is 97.8 Å². The van der Waals surface area contributed by atoms with E-state index >= 15 is 0 Å². The summed E-state index contributed by atoms with van der Waals surface area (Å²) >= 11 is 3.44. The first kappa shape index (κ1) is 10.7. The Morgan fingerprint density at radius 1 is 1.27 bits per heavy atom. The maximum absolute atomic E-state index is 11.9. The zero-order valence-corrected chi connectivity index (χ0v) is 10.3. The van der Waals surface area contributed by atoms with E-state index in [2.05, 4.69) is 15.9 Å². The first-order valence-electron chi connectivity index (χ1n) is 5.12. The van der Waals surface area contributed by atoms with Crippen LogP contribution in [-0.2, 0) is 6.42 Å². The van der Waals surface area contributed by atoms with E-state index in [1.165, 1.54) is 0 Å². The molecular weight excluding hydrogens is 256 g/mol. The lowest BCUT2D eigenvalue weighted by atomic mass is 10.0. The van der Waals surface area contributed by atoms with Gasteiger partial charge in [0.25, 0.3) is 0 Å². The highest BCUT2D eigenvalue weighted by atomic mass is 79.9. The van der Waals surface area contributed by atoms with Crippen LogP contribution in [0.1, 0.15) is 35.2 Å². The lowest BCUT2D eigenvalue weighted by Gasteiger charge is -2.11. The molecule has 0 heterocycles. The minimum absolute atomic E-state index is 0.230. The molecule has 0 saturated heterocycles. The van der Waals surface area contributed by atoms with Gasteiger partial charge in [0, 0.05) is 22.0 Å². The van der Waals surface area contributed by atoms with Crippen molar-refractivity contribution in [1.82, 2.24) is 0 Å². The molecule has 1 aliphatic rings. The molecule has 1 aromatic rings. The van der Waals surface area contributed by atoms with Gasteiger partial charge in [0.05, 0.1) is 7.11 Å². The van der Waals surface area contributed by atoms with E-state index in [-0.39, 0.29) is 5.78 Å². The van der Waals surface area contributed by atoms with Gasteiger partial charge in [0.1, 0.15) is 5.75 Å². The highest BCUT2D eigenvalue weighted by Gasteiger charge is 2.21.